The first-order chi connectivity index (χ1) is 9.02. The molecule has 0 atom stereocenters. The Bertz CT molecular complexity index is 641. The highest BCUT2D eigenvalue weighted by atomic mass is 19.1. The first-order valence-electron chi connectivity index (χ1n) is 5.46. The number of rotatable bonds is 3. The zero-order valence-corrected chi connectivity index (χ0v) is 10.1. The first-order valence-corrected chi connectivity index (χ1v) is 5.46. The molecule has 2 aromatic rings. The summed E-state index contributed by atoms with van der Waals surface area (Å²) in [6, 6.07) is 7.10. The van der Waals surface area contributed by atoms with Crippen LogP contribution in [0.5, 0.6) is 5.75 Å². The van der Waals surface area contributed by atoms with E-state index in [2.05, 4.69) is 0 Å². The van der Waals surface area contributed by atoms with Gasteiger partial charge in [0.25, 0.3) is 0 Å². The molecular weight excluding hydrogens is 252 g/mol. The monoisotopic (exact) mass is 263 g/mol. The van der Waals surface area contributed by atoms with Crippen molar-refractivity contribution >= 4 is 11.5 Å². The van der Waals surface area contributed by atoms with Gasteiger partial charge in [-0.2, -0.15) is 0 Å². The van der Waals surface area contributed by atoms with Gasteiger partial charge < -0.3 is 10.5 Å². The van der Waals surface area contributed by atoms with E-state index in [9.17, 15) is 13.6 Å². The Morgan fingerprint density at radius 3 is 2.47 bits per heavy atom. The SMILES string of the molecule is COc1ccc(C(=O)c2cc(F)ccc2F)c(N)c1. The molecular formula is C14H11F2NO2. The number of carbonyl (C=O) groups is 1. The summed E-state index contributed by atoms with van der Waals surface area (Å²) in [5.74, 6) is -1.66. The van der Waals surface area contributed by atoms with Crippen molar-refractivity contribution in [1.29, 1.82) is 0 Å². The number of nitrogens with two attached hydrogens (primary N) is 1. The molecule has 0 aromatic heterocycles. The van der Waals surface area contributed by atoms with E-state index in [1.807, 2.05) is 0 Å². The maximum absolute atomic E-state index is 13.5. The summed E-state index contributed by atoms with van der Waals surface area (Å²) in [5, 5.41) is 0. The molecule has 0 fully saturated rings. The largest absolute Gasteiger partial charge is 0.497 e. The van der Waals surface area contributed by atoms with Gasteiger partial charge in [0.15, 0.2) is 5.78 Å². The fraction of sp³-hybridized carbons (Fsp3) is 0.0714. The molecule has 0 bridgehead atoms. The molecule has 0 unspecified atom stereocenters. The predicted molar refractivity (Wildman–Crippen MR) is 67.2 cm³/mol. The van der Waals surface area contributed by atoms with Crippen LogP contribution >= 0.6 is 0 Å². The van der Waals surface area contributed by atoms with Crippen molar-refractivity contribution in [2.75, 3.05) is 12.8 Å². The number of hydrogen-bond acceptors (Lipinski definition) is 3. The quantitative estimate of drug-likeness (QED) is 0.684. The number of hydrogen-bond donors (Lipinski definition) is 1. The highest BCUT2D eigenvalue weighted by Gasteiger charge is 2.17. The number of carbonyl (C=O) groups excluding carboxylic acids is 1. The summed E-state index contributed by atoms with van der Waals surface area (Å²) in [7, 11) is 1.46. The van der Waals surface area contributed by atoms with E-state index in [-0.39, 0.29) is 16.8 Å². The van der Waals surface area contributed by atoms with Crippen LogP contribution in [0.4, 0.5) is 14.5 Å². The summed E-state index contributed by atoms with van der Waals surface area (Å²) >= 11 is 0. The first kappa shape index (κ1) is 13.0. The van der Waals surface area contributed by atoms with Gasteiger partial charge in [0.2, 0.25) is 0 Å². The van der Waals surface area contributed by atoms with Gasteiger partial charge in [-0.25, -0.2) is 8.78 Å². The average Bonchev–Trinajstić information content (AvgIpc) is 2.40. The highest BCUT2D eigenvalue weighted by molar-refractivity contribution is 6.12. The number of halogens is 2. The number of anilines is 1. The predicted octanol–water partition coefficient (Wildman–Crippen LogP) is 2.79. The lowest BCUT2D eigenvalue weighted by Gasteiger charge is -2.08. The maximum Gasteiger partial charge on any atom is 0.198 e. The molecule has 0 heterocycles. The van der Waals surface area contributed by atoms with E-state index in [1.54, 1.807) is 0 Å². The van der Waals surface area contributed by atoms with Crippen LogP contribution in [0.15, 0.2) is 36.4 Å². The molecule has 19 heavy (non-hydrogen) atoms. The van der Waals surface area contributed by atoms with Crippen LogP contribution in [0.25, 0.3) is 0 Å². The van der Waals surface area contributed by atoms with Crippen molar-refractivity contribution in [2.45, 2.75) is 0 Å². The van der Waals surface area contributed by atoms with Crippen LogP contribution in [-0.2, 0) is 0 Å². The number of benzene rings is 2. The fourth-order valence-electron chi connectivity index (χ4n) is 1.69. The molecule has 0 radical (unpaired) electrons. The molecule has 2 aromatic carbocycles. The summed E-state index contributed by atoms with van der Waals surface area (Å²) in [6.45, 7) is 0. The Morgan fingerprint density at radius 1 is 1.11 bits per heavy atom. The van der Waals surface area contributed by atoms with Crippen molar-refractivity contribution in [1.82, 2.24) is 0 Å². The molecule has 3 nitrogen and oxygen atoms in total. The normalized spacial score (nSPS) is 10.3. The minimum Gasteiger partial charge on any atom is -0.497 e. The Labute approximate surface area is 108 Å². The summed E-state index contributed by atoms with van der Waals surface area (Å²) in [6.07, 6.45) is 0. The van der Waals surface area contributed by atoms with Gasteiger partial charge in [-0.05, 0) is 30.3 Å². The Balaban J connectivity index is 2.47. The summed E-state index contributed by atoms with van der Waals surface area (Å²) in [5.41, 5.74) is 5.60. The second-order valence-corrected chi connectivity index (χ2v) is 3.91. The van der Waals surface area contributed by atoms with Gasteiger partial charge in [-0.1, -0.05) is 0 Å². The molecule has 0 spiro atoms. The van der Waals surface area contributed by atoms with Crippen molar-refractivity contribution in [3.05, 3.63) is 59.2 Å². The van der Waals surface area contributed by atoms with Crippen molar-refractivity contribution in [3.63, 3.8) is 0 Å². The van der Waals surface area contributed by atoms with Gasteiger partial charge in [0, 0.05) is 17.3 Å². The third-order valence-electron chi connectivity index (χ3n) is 2.68. The Hall–Kier alpha value is -2.43. The maximum atomic E-state index is 13.5. The molecule has 2 rings (SSSR count). The van der Waals surface area contributed by atoms with Gasteiger partial charge in [0.1, 0.15) is 17.4 Å². The van der Waals surface area contributed by atoms with Gasteiger partial charge in [0.05, 0.1) is 12.7 Å². The van der Waals surface area contributed by atoms with E-state index < -0.39 is 17.4 Å². The van der Waals surface area contributed by atoms with Crippen LogP contribution in [0.2, 0.25) is 0 Å². The van der Waals surface area contributed by atoms with Crippen molar-refractivity contribution < 1.29 is 18.3 Å². The molecule has 0 aliphatic rings. The number of nitrogen functional groups attached to an aromatic ring is 1. The van der Waals surface area contributed by atoms with Gasteiger partial charge >= 0.3 is 0 Å². The standard InChI is InChI=1S/C14H11F2NO2/c1-19-9-3-4-10(13(17)7-9)14(18)11-6-8(15)2-5-12(11)16/h2-7H,17H2,1H3. The van der Waals surface area contributed by atoms with E-state index in [0.717, 1.165) is 18.2 Å². The third kappa shape index (κ3) is 2.54. The topological polar surface area (TPSA) is 52.3 Å². The second kappa shape index (κ2) is 5.06. The fourth-order valence-corrected chi connectivity index (χ4v) is 1.69. The Morgan fingerprint density at radius 2 is 1.84 bits per heavy atom. The lowest BCUT2D eigenvalue weighted by atomic mass is 10.0. The van der Waals surface area contributed by atoms with Crippen molar-refractivity contribution in [2.24, 2.45) is 0 Å². The molecule has 98 valence electrons. The highest BCUT2D eigenvalue weighted by Crippen LogP contribution is 2.23. The van der Waals surface area contributed by atoms with Crippen LogP contribution in [0.3, 0.4) is 0 Å². The Kier molecular flexibility index (Phi) is 3.46. The van der Waals surface area contributed by atoms with Crippen LogP contribution in [0.1, 0.15) is 15.9 Å². The van der Waals surface area contributed by atoms with Crippen LogP contribution in [0, 0.1) is 11.6 Å². The van der Waals surface area contributed by atoms with Crippen molar-refractivity contribution in [3.8, 4) is 5.75 Å². The number of methoxy groups -OCH3 is 1. The minimum atomic E-state index is -0.790. The molecule has 0 saturated heterocycles. The lowest BCUT2D eigenvalue weighted by molar-refractivity contribution is 0.103. The number of ether oxygens (including phenoxy) is 1. The molecule has 2 N–H and O–H groups in total. The van der Waals surface area contributed by atoms with E-state index in [4.69, 9.17) is 10.5 Å². The smallest absolute Gasteiger partial charge is 0.198 e. The zero-order chi connectivity index (χ0) is 14.0. The second-order valence-electron chi connectivity index (χ2n) is 3.91. The van der Waals surface area contributed by atoms with Crippen LogP contribution in [-0.4, -0.2) is 12.9 Å². The zero-order valence-electron chi connectivity index (χ0n) is 10.1. The third-order valence-corrected chi connectivity index (χ3v) is 2.68. The van der Waals surface area contributed by atoms with E-state index >= 15 is 0 Å². The van der Waals surface area contributed by atoms with Gasteiger partial charge in [-0.3, -0.25) is 4.79 Å². The molecule has 5 heteroatoms. The van der Waals surface area contributed by atoms with E-state index in [0.29, 0.717) is 5.75 Å². The average molecular weight is 263 g/mol. The lowest BCUT2D eigenvalue weighted by Crippen LogP contribution is -2.08. The van der Waals surface area contributed by atoms with E-state index in [1.165, 1.54) is 25.3 Å². The number of ketones is 1. The molecule has 0 amide bonds. The molecule has 0 aliphatic heterocycles. The molecule has 0 aliphatic carbocycles. The van der Waals surface area contributed by atoms with Gasteiger partial charge in [-0.15, -0.1) is 0 Å². The summed E-state index contributed by atoms with van der Waals surface area (Å²) in [4.78, 5) is 12.1. The summed E-state index contributed by atoms with van der Waals surface area (Å²) < 4.78 is 31.6. The minimum absolute atomic E-state index is 0.102. The molecule has 0 saturated carbocycles. The van der Waals surface area contributed by atoms with Crippen LogP contribution < -0.4 is 10.5 Å².